The Kier molecular flexibility index (Phi) is 7.39. The van der Waals surface area contributed by atoms with E-state index in [0.29, 0.717) is 16.9 Å². The van der Waals surface area contributed by atoms with Crippen molar-refractivity contribution in [2.75, 3.05) is 12.3 Å². The summed E-state index contributed by atoms with van der Waals surface area (Å²) in [6.07, 6.45) is -1.39. The lowest BCUT2D eigenvalue weighted by Crippen LogP contribution is -2.40. The summed E-state index contributed by atoms with van der Waals surface area (Å²) in [5.74, 6) is -1.49. The van der Waals surface area contributed by atoms with Crippen molar-refractivity contribution >= 4 is 9.84 Å². The predicted molar refractivity (Wildman–Crippen MR) is 119 cm³/mol. The second kappa shape index (κ2) is 9.55. The molecule has 0 radical (unpaired) electrons. The third-order valence-corrected chi connectivity index (χ3v) is 7.39. The molecule has 3 unspecified atom stereocenters. The van der Waals surface area contributed by atoms with Gasteiger partial charge in [-0.15, -0.1) is 0 Å². The van der Waals surface area contributed by atoms with Crippen LogP contribution in [-0.2, 0) is 22.7 Å². The first kappa shape index (κ1) is 24.8. The Morgan fingerprint density at radius 2 is 1.69 bits per heavy atom. The highest BCUT2D eigenvalue weighted by Gasteiger charge is 2.31. The second-order valence-electron chi connectivity index (χ2n) is 9.79. The Balaban J connectivity index is 1.71. The van der Waals surface area contributed by atoms with E-state index in [2.05, 4.69) is 26.1 Å². The first-order valence-electron chi connectivity index (χ1n) is 10.7. The third kappa shape index (κ3) is 6.34. The summed E-state index contributed by atoms with van der Waals surface area (Å²) in [4.78, 5) is 0.296. The molecule has 0 saturated heterocycles. The number of fused-ring (bicyclic) bond motifs is 1. The van der Waals surface area contributed by atoms with E-state index in [0.717, 1.165) is 30.2 Å². The average Bonchev–Trinajstić information content (AvgIpc) is 2.64. The van der Waals surface area contributed by atoms with Crippen molar-refractivity contribution in [1.29, 1.82) is 0 Å². The van der Waals surface area contributed by atoms with E-state index in [1.165, 1.54) is 0 Å². The van der Waals surface area contributed by atoms with Gasteiger partial charge in [-0.1, -0.05) is 32.9 Å². The van der Waals surface area contributed by atoms with Gasteiger partial charge in [-0.2, -0.15) is 0 Å². The molecule has 0 spiro atoms. The molecule has 2 aromatic carbocycles. The Bertz CT molecular complexity index is 1050. The molecule has 1 heterocycles. The number of sulfone groups is 1. The lowest BCUT2D eigenvalue weighted by Gasteiger charge is -2.29. The van der Waals surface area contributed by atoms with Gasteiger partial charge < -0.3 is 15.5 Å². The zero-order valence-electron chi connectivity index (χ0n) is 18.6. The zero-order valence-corrected chi connectivity index (χ0v) is 19.4. The van der Waals surface area contributed by atoms with Gasteiger partial charge >= 0.3 is 0 Å². The van der Waals surface area contributed by atoms with Crippen LogP contribution in [0.4, 0.5) is 8.78 Å². The lowest BCUT2D eigenvalue weighted by molar-refractivity contribution is 0.0189. The van der Waals surface area contributed by atoms with Crippen molar-refractivity contribution < 1.29 is 27.4 Å². The number of aliphatic hydroxyl groups is 2. The van der Waals surface area contributed by atoms with Crippen LogP contribution in [-0.4, -0.2) is 43.1 Å². The molecule has 8 heteroatoms. The Morgan fingerprint density at radius 3 is 2.31 bits per heavy atom. The van der Waals surface area contributed by atoms with Gasteiger partial charge in [0.25, 0.3) is 0 Å². The van der Waals surface area contributed by atoms with E-state index in [1.54, 1.807) is 6.07 Å². The molecule has 0 saturated carbocycles. The molecule has 0 aliphatic carbocycles. The summed E-state index contributed by atoms with van der Waals surface area (Å²) >= 11 is 0. The molecule has 3 rings (SSSR count). The maximum absolute atomic E-state index is 13.4. The molecule has 1 aliphatic rings. The van der Waals surface area contributed by atoms with Crippen molar-refractivity contribution in [3.05, 3.63) is 64.7 Å². The van der Waals surface area contributed by atoms with Gasteiger partial charge in [-0.3, -0.25) is 0 Å². The highest BCUT2D eigenvalue weighted by Crippen LogP contribution is 2.34. The molecule has 0 bridgehead atoms. The zero-order chi connectivity index (χ0) is 23.7. The molecule has 0 amide bonds. The minimum Gasteiger partial charge on any atom is -0.390 e. The predicted octanol–water partition coefficient (Wildman–Crippen LogP) is 3.33. The molecule has 0 fully saturated rings. The van der Waals surface area contributed by atoms with Gasteiger partial charge in [-0.05, 0) is 53.1 Å². The lowest BCUT2D eigenvalue weighted by atomic mass is 9.87. The Hall–Kier alpha value is -1.87. The van der Waals surface area contributed by atoms with Crippen molar-refractivity contribution in [2.45, 2.75) is 63.2 Å². The van der Waals surface area contributed by atoms with Crippen molar-refractivity contribution in [1.82, 2.24) is 5.32 Å². The molecule has 0 aromatic heterocycles. The molecule has 3 N–H and O–H groups in total. The Labute approximate surface area is 188 Å². The molecular weight excluding hydrogens is 436 g/mol. The van der Waals surface area contributed by atoms with Crippen LogP contribution in [0.15, 0.2) is 41.3 Å². The minimum absolute atomic E-state index is 0.00248. The second-order valence-corrected chi connectivity index (χ2v) is 11.9. The molecule has 2 aromatic rings. The van der Waals surface area contributed by atoms with E-state index in [4.69, 9.17) is 0 Å². The Morgan fingerprint density at radius 1 is 1.03 bits per heavy atom. The first-order chi connectivity index (χ1) is 14.8. The van der Waals surface area contributed by atoms with E-state index < -0.39 is 33.7 Å². The maximum Gasteiger partial charge on any atom is 0.178 e. The quantitative estimate of drug-likeness (QED) is 0.582. The molecule has 5 nitrogen and oxygen atoms in total. The summed E-state index contributed by atoms with van der Waals surface area (Å²) in [5, 5.41) is 23.9. The summed E-state index contributed by atoms with van der Waals surface area (Å²) in [6, 6.07) is 8.10. The normalized spacial score (nSPS) is 19.9. The van der Waals surface area contributed by atoms with Crippen LogP contribution in [0.1, 0.15) is 49.9 Å². The highest BCUT2D eigenvalue weighted by atomic mass is 32.2. The standard InChI is InChI=1S/C24H31F2NO4S/c1-24(2,3)13-15-4-5-23-19(10-15)20(6-7-32(23,30)31)27-14-22(29)21(28)11-16-8-17(25)12-18(26)9-16/h4-5,8-10,12,20-22,27-29H,6-7,11,13-14H2,1-3H3. The topological polar surface area (TPSA) is 86.6 Å². The fourth-order valence-electron chi connectivity index (χ4n) is 4.13. The van der Waals surface area contributed by atoms with Crippen LogP contribution < -0.4 is 5.32 Å². The van der Waals surface area contributed by atoms with Crippen LogP contribution >= 0.6 is 0 Å². The molecule has 32 heavy (non-hydrogen) atoms. The fraction of sp³-hybridized carbons (Fsp3) is 0.500. The number of rotatable bonds is 7. The highest BCUT2D eigenvalue weighted by molar-refractivity contribution is 7.91. The summed E-state index contributed by atoms with van der Waals surface area (Å²) in [5.41, 5.74) is 2.00. The number of halogens is 2. The average molecular weight is 468 g/mol. The van der Waals surface area contributed by atoms with E-state index in [1.807, 2.05) is 12.1 Å². The van der Waals surface area contributed by atoms with Crippen molar-refractivity contribution in [3.8, 4) is 0 Å². The summed E-state index contributed by atoms with van der Waals surface area (Å²) < 4.78 is 51.8. The minimum atomic E-state index is -3.36. The van der Waals surface area contributed by atoms with Gasteiger partial charge in [0.2, 0.25) is 0 Å². The van der Waals surface area contributed by atoms with Crippen molar-refractivity contribution in [3.63, 3.8) is 0 Å². The van der Waals surface area contributed by atoms with Crippen LogP contribution in [0.5, 0.6) is 0 Å². The molecule has 3 atom stereocenters. The van der Waals surface area contributed by atoms with Crippen LogP contribution in [0.25, 0.3) is 0 Å². The number of nitrogens with one attached hydrogen (secondary N) is 1. The van der Waals surface area contributed by atoms with Crippen LogP contribution in [0, 0.1) is 17.0 Å². The van der Waals surface area contributed by atoms with Gasteiger partial charge in [0.15, 0.2) is 9.84 Å². The fourth-order valence-corrected chi connectivity index (χ4v) is 5.73. The maximum atomic E-state index is 13.4. The van der Waals surface area contributed by atoms with Gasteiger partial charge in [0, 0.05) is 25.1 Å². The monoisotopic (exact) mass is 467 g/mol. The van der Waals surface area contributed by atoms with Crippen LogP contribution in [0.3, 0.4) is 0 Å². The number of hydrogen-bond donors (Lipinski definition) is 3. The third-order valence-electron chi connectivity index (χ3n) is 5.58. The van der Waals surface area contributed by atoms with Gasteiger partial charge in [0.05, 0.1) is 22.9 Å². The van der Waals surface area contributed by atoms with E-state index in [9.17, 15) is 27.4 Å². The molecular formula is C24H31F2NO4S. The largest absolute Gasteiger partial charge is 0.390 e. The molecule has 176 valence electrons. The summed E-state index contributed by atoms with van der Waals surface area (Å²) in [6.45, 7) is 6.34. The SMILES string of the molecule is CC(C)(C)Cc1ccc2c(c1)C(NCC(O)C(O)Cc1cc(F)cc(F)c1)CCS2(=O)=O. The first-order valence-corrected chi connectivity index (χ1v) is 12.4. The van der Waals surface area contributed by atoms with E-state index in [-0.39, 0.29) is 35.7 Å². The van der Waals surface area contributed by atoms with Gasteiger partial charge in [-0.25, -0.2) is 17.2 Å². The van der Waals surface area contributed by atoms with E-state index >= 15 is 0 Å². The number of aliphatic hydroxyl groups excluding tert-OH is 2. The summed E-state index contributed by atoms with van der Waals surface area (Å²) in [7, 11) is -3.36. The number of hydrogen-bond acceptors (Lipinski definition) is 5. The smallest absolute Gasteiger partial charge is 0.178 e. The number of benzene rings is 2. The van der Waals surface area contributed by atoms with Gasteiger partial charge in [0.1, 0.15) is 11.6 Å². The molecule has 1 aliphatic heterocycles. The van der Waals surface area contributed by atoms with Crippen molar-refractivity contribution in [2.24, 2.45) is 5.41 Å². The van der Waals surface area contributed by atoms with Crippen LogP contribution in [0.2, 0.25) is 0 Å².